The molecule has 0 amide bonds. The number of hydrogen-bond acceptors (Lipinski definition) is 1. The highest BCUT2D eigenvalue weighted by atomic mass is 28.1. The average molecular weight is 132 g/mol. The Kier molecular flexibility index (Phi) is 4.19. The lowest BCUT2D eigenvalue weighted by molar-refractivity contribution is 0.0884. The molecular weight excluding hydrogens is 116 g/mol. The second-order valence-corrected chi connectivity index (χ2v) is 3.54. The van der Waals surface area contributed by atoms with E-state index >= 15 is 0 Å². The molecule has 0 fully saturated rings. The second-order valence-electron chi connectivity index (χ2n) is 2.40. The molecule has 0 aromatic rings. The largest absolute Gasteiger partial charge is 0.383 e. The van der Waals surface area contributed by atoms with Crippen molar-refractivity contribution in [3.8, 4) is 0 Å². The maximum atomic E-state index is 5.36. The molecule has 0 aromatic heterocycles. The van der Waals surface area contributed by atoms with Gasteiger partial charge in [-0.15, -0.1) is 0 Å². The molecule has 50 valence electrons. The fourth-order valence-corrected chi connectivity index (χ4v) is 0.789. The van der Waals surface area contributed by atoms with Crippen LogP contribution >= 0.6 is 0 Å². The Morgan fingerprint density at radius 3 is 2.12 bits per heavy atom. The number of ether oxygens (including phenoxy) is 1. The minimum absolute atomic E-state index is 0.556. The standard InChI is InChI=1S/C6H16OSi/c1-4-7-6(8)5(2)3/h5-6H,4H2,1-3,8H3. The molecule has 0 aliphatic heterocycles. The summed E-state index contributed by atoms with van der Waals surface area (Å²) in [4.78, 5) is 0. The van der Waals surface area contributed by atoms with E-state index in [0.717, 1.165) is 16.8 Å². The van der Waals surface area contributed by atoms with Crippen molar-refractivity contribution < 1.29 is 4.74 Å². The molecule has 1 unspecified atom stereocenters. The van der Waals surface area contributed by atoms with Crippen LogP contribution in [0.25, 0.3) is 0 Å². The molecular formula is C6H16OSi. The van der Waals surface area contributed by atoms with Gasteiger partial charge in [0.2, 0.25) is 0 Å². The predicted octanol–water partition coefficient (Wildman–Crippen LogP) is 0.370. The monoisotopic (exact) mass is 132 g/mol. The topological polar surface area (TPSA) is 9.23 Å². The van der Waals surface area contributed by atoms with Crippen molar-refractivity contribution in [2.24, 2.45) is 5.92 Å². The molecule has 0 saturated heterocycles. The fourth-order valence-electron chi connectivity index (χ4n) is 0.455. The lowest BCUT2D eigenvalue weighted by Gasteiger charge is -2.14. The second kappa shape index (κ2) is 4.10. The molecule has 0 N–H and O–H groups in total. The molecule has 0 rings (SSSR count). The summed E-state index contributed by atoms with van der Waals surface area (Å²) < 4.78 is 5.36. The molecule has 8 heavy (non-hydrogen) atoms. The lowest BCUT2D eigenvalue weighted by Crippen LogP contribution is -2.19. The smallest absolute Gasteiger partial charge is 0.0436 e. The van der Waals surface area contributed by atoms with Gasteiger partial charge in [-0.3, -0.25) is 0 Å². The van der Waals surface area contributed by atoms with Crippen LogP contribution in [-0.4, -0.2) is 22.6 Å². The van der Waals surface area contributed by atoms with E-state index in [1.807, 2.05) is 6.92 Å². The third-order valence-electron chi connectivity index (χ3n) is 1.37. The Morgan fingerprint density at radius 2 is 2.00 bits per heavy atom. The van der Waals surface area contributed by atoms with Crippen LogP contribution in [-0.2, 0) is 4.74 Å². The Hall–Kier alpha value is 0.177. The highest BCUT2D eigenvalue weighted by Crippen LogP contribution is 2.00. The molecule has 0 aliphatic rings. The van der Waals surface area contributed by atoms with Gasteiger partial charge >= 0.3 is 0 Å². The van der Waals surface area contributed by atoms with Crippen molar-refractivity contribution >= 4 is 10.2 Å². The molecule has 0 saturated carbocycles. The number of hydrogen-bond donors (Lipinski definition) is 0. The van der Waals surface area contributed by atoms with E-state index in [2.05, 4.69) is 13.8 Å². The van der Waals surface area contributed by atoms with Gasteiger partial charge in [0.15, 0.2) is 0 Å². The summed E-state index contributed by atoms with van der Waals surface area (Å²) in [7, 11) is 1.16. The Morgan fingerprint density at radius 1 is 1.50 bits per heavy atom. The van der Waals surface area contributed by atoms with Crippen LogP contribution in [0.1, 0.15) is 20.8 Å². The van der Waals surface area contributed by atoms with Crippen molar-refractivity contribution in [2.45, 2.75) is 26.5 Å². The average Bonchev–Trinajstić information content (AvgIpc) is 1.67. The van der Waals surface area contributed by atoms with Crippen molar-refractivity contribution in [3.63, 3.8) is 0 Å². The van der Waals surface area contributed by atoms with E-state index in [0.29, 0.717) is 11.6 Å². The van der Waals surface area contributed by atoms with Gasteiger partial charge in [0.05, 0.1) is 0 Å². The Labute approximate surface area is 54.8 Å². The van der Waals surface area contributed by atoms with E-state index in [4.69, 9.17) is 4.74 Å². The van der Waals surface area contributed by atoms with Crippen LogP contribution in [0, 0.1) is 5.92 Å². The highest BCUT2D eigenvalue weighted by molar-refractivity contribution is 6.11. The van der Waals surface area contributed by atoms with Crippen molar-refractivity contribution in [1.82, 2.24) is 0 Å². The zero-order valence-electron chi connectivity index (χ0n) is 6.27. The first-order valence-corrected chi connectivity index (χ1v) is 4.45. The van der Waals surface area contributed by atoms with Gasteiger partial charge in [0.25, 0.3) is 0 Å². The van der Waals surface area contributed by atoms with E-state index in [9.17, 15) is 0 Å². The summed E-state index contributed by atoms with van der Waals surface area (Å²) in [6, 6.07) is 0. The Balaban J connectivity index is 3.17. The normalized spacial score (nSPS) is 15.0. The van der Waals surface area contributed by atoms with E-state index in [-0.39, 0.29) is 0 Å². The third-order valence-corrected chi connectivity index (χ3v) is 3.04. The summed E-state index contributed by atoms with van der Waals surface area (Å²) in [5.74, 6) is 0.710. The van der Waals surface area contributed by atoms with Crippen molar-refractivity contribution in [3.05, 3.63) is 0 Å². The van der Waals surface area contributed by atoms with Crippen LogP contribution < -0.4 is 0 Å². The van der Waals surface area contributed by atoms with Gasteiger partial charge in [-0.2, -0.15) is 0 Å². The van der Waals surface area contributed by atoms with Crippen LogP contribution in [0.15, 0.2) is 0 Å². The zero-order chi connectivity index (χ0) is 6.57. The van der Waals surface area contributed by atoms with Crippen molar-refractivity contribution in [1.29, 1.82) is 0 Å². The molecule has 0 bridgehead atoms. The first-order valence-electron chi connectivity index (χ1n) is 3.30. The van der Waals surface area contributed by atoms with Crippen molar-refractivity contribution in [2.75, 3.05) is 6.61 Å². The molecule has 2 heteroatoms. The van der Waals surface area contributed by atoms with Crippen LogP contribution in [0.4, 0.5) is 0 Å². The maximum absolute atomic E-state index is 5.36. The fraction of sp³-hybridized carbons (Fsp3) is 1.00. The van der Waals surface area contributed by atoms with Crippen LogP contribution in [0.2, 0.25) is 0 Å². The third kappa shape index (κ3) is 3.21. The van der Waals surface area contributed by atoms with E-state index < -0.39 is 0 Å². The SMILES string of the molecule is CCOC([SiH3])C(C)C. The molecule has 1 atom stereocenters. The minimum atomic E-state index is 0.556. The molecule has 0 heterocycles. The van der Waals surface area contributed by atoms with E-state index in [1.165, 1.54) is 0 Å². The molecule has 0 spiro atoms. The molecule has 0 aromatic carbocycles. The Bertz CT molecular complexity index is 54.5. The first-order chi connectivity index (χ1) is 3.68. The zero-order valence-corrected chi connectivity index (χ0v) is 8.27. The van der Waals surface area contributed by atoms with Gasteiger partial charge in [-0.25, -0.2) is 0 Å². The summed E-state index contributed by atoms with van der Waals surface area (Å²) in [6.07, 6.45) is 0. The summed E-state index contributed by atoms with van der Waals surface area (Å²) in [6.45, 7) is 7.32. The van der Waals surface area contributed by atoms with Crippen LogP contribution in [0.5, 0.6) is 0 Å². The lowest BCUT2D eigenvalue weighted by atomic mass is 10.2. The number of rotatable bonds is 3. The minimum Gasteiger partial charge on any atom is -0.383 e. The van der Waals surface area contributed by atoms with E-state index in [1.54, 1.807) is 0 Å². The highest BCUT2D eigenvalue weighted by Gasteiger charge is 2.03. The molecule has 0 aliphatic carbocycles. The first kappa shape index (κ1) is 8.18. The van der Waals surface area contributed by atoms with Gasteiger partial charge in [-0.1, -0.05) is 13.8 Å². The van der Waals surface area contributed by atoms with Gasteiger partial charge < -0.3 is 4.74 Å². The molecule has 0 radical (unpaired) electrons. The predicted molar refractivity (Wildman–Crippen MR) is 40.2 cm³/mol. The molecule has 1 nitrogen and oxygen atoms in total. The summed E-state index contributed by atoms with van der Waals surface area (Å²) >= 11 is 0. The van der Waals surface area contributed by atoms with Gasteiger partial charge in [0.1, 0.15) is 0 Å². The quantitative estimate of drug-likeness (QED) is 0.504. The summed E-state index contributed by atoms with van der Waals surface area (Å²) in [5.41, 5.74) is 0.556. The van der Waals surface area contributed by atoms with Crippen LogP contribution in [0.3, 0.4) is 0 Å². The van der Waals surface area contributed by atoms with Gasteiger partial charge in [0, 0.05) is 22.6 Å². The summed E-state index contributed by atoms with van der Waals surface area (Å²) in [5, 5.41) is 0. The maximum Gasteiger partial charge on any atom is 0.0436 e. The van der Waals surface area contributed by atoms with Gasteiger partial charge in [-0.05, 0) is 12.8 Å².